The summed E-state index contributed by atoms with van der Waals surface area (Å²) in [6, 6.07) is 6.71. The van der Waals surface area contributed by atoms with Crippen LogP contribution in [0, 0.1) is 0 Å². The molecule has 0 saturated heterocycles. The van der Waals surface area contributed by atoms with Gasteiger partial charge in [0.05, 0.1) is 6.26 Å². The molecule has 2 amide bonds. The minimum atomic E-state index is -3.27. The van der Waals surface area contributed by atoms with E-state index in [9.17, 15) is 13.2 Å². The number of rotatable bonds is 4. The van der Waals surface area contributed by atoms with E-state index in [1.165, 1.54) is 0 Å². The zero-order chi connectivity index (χ0) is 15.4. The smallest absolute Gasteiger partial charge is 0.319 e. The van der Waals surface area contributed by atoms with Crippen LogP contribution in [-0.2, 0) is 16.6 Å². The van der Waals surface area contributed by atoms with Gasteiger partial charge in [0.2, 0.25) is 10.0 Å². The number of hydrogen-bond acceptors (Lipinski definition) is 3. The van der Waals surface area contributed by atoms with Crippen LogP contribution in [0.3, 0.4) is 0 Å². The van der Waals surface area contributed by atoms with Gasteiger partial charge in [0.1, 0.15) is 0 Å². The number of carbonyl (C=O) groups excluding carboxylic acids is 1. The molecule has 0 aliphatic carbocycles. The van der Waals surface area contributed by atoms with Crippen LogP contribution in [0.5, 0.6) is 0 Å². The molecule has 0 atom stereocenters. The summed E-state index contributed by atoms with van der Waals surface area (Å²) in [5.41, 5.74) is 0.928. The highest BCUT2D eigenvalue weighted by atomic mass is 32.2. The third-order valence-electron chi connectivity index (χ3n) is 2.28. The van der Waals surface area contributed by atoms with Crippen molar-refractivity contribution in [1.82, 2.24) is 10.0 Å². The Balaban J connectivity index is 2.78. The summed E-state index contributed by atoms with van der Waals surface area (Å²) in [5, 5.41) is 5.50. The molecule has 0 aliphatic heterocycles. The molecular formula is C13H21N3O3S. The highest BCUT2D eigenvalue weighted by molar-refractivity contribution is 7.88. The van der Waals surface area contributed by atoms with Crippen molar-refractivity contribution in [3.8, 4) is 0 Å². The van der Waals surface area contributed by atoms with E-state index in [1.807, 2.05) is 20.8 Å². The predicted molar refractivity (Wildman–Crippen MR) is 80.0 cm³/mol. The van der Waals surface area contributed by atoms with Crippen LogP contribution in [0.2, 0.25) is 0 Å². The second-order valence-electron chi connectivity index (χ2n) is 5.58. The van der Waals surface area contributed by atoms with Crippen molar-refractivity contribution in [3.63, 3.8) is 0 Å². The lowest BCUT2D eigenvalue weighted by Gasteiger charge is -2.21. The molecular weight excluding hydrogens is 278 g/mol. The number of amides is 2. The van der Waals surface area contributed by atoms with Gasteiger partial charge in [-0.15, -0.1) is 0 Å². The van der Waals surface area contributed by atoms with Crippen LogP contribution in [0.1, 0.15) is 26.3 Å². The summed E-state index contributed by atoms with van der Waals surface area (Å²) in [5.74, 6) is 0. The molecule has 112 valence electrons. The minimum Gasteiger partial charge on any atom is -0.333 e. The minimum absolute atomic E-state index is 0.130. The van der Waals surface area contributed by atoms with E-state index in [1.54, 1.807) is 24.3 Å². The van der Waals surface area contributed by atoms with E-state index in [4.69, 9.17) is 0 Å². The summed E-state index contributed by atoms with van der Waals surface area (Å²) < 4.78 is 24.6. The summed E-state index contributed by atoms with van der Waals surface area (Å²) in [6.45, 7) is 5.77. The third kappa shape index (κ3) is 6.53. The topological polar surface area (TPSA) is 87.3 Å². The summed E-state index contributed by atoms with van der Waals surface area (Å²) >= 11 is 0. The van der Waals surface area contributed by atoms with E-state index in [-0.39, 0.29) is 18.1 Å². The maximum atomic E-state index is 11.8. The van der Waals surface area contributed by atoms with Gasteiger partial charge < -0.3 is 10.6 Å². The fraction of sp³-hybridized carbons (Fsp3) is 0.462. The number of hydrogen-bond donors (Lipinski definition) is 3. The second kappa shape index (κ2) is 6.23. The van der Waals surface area contributed by atoms with Crippen LogP contribution >= 0.6 is 0 Å². The van der Waals surface area contributed by atoms with Gasteiger partial charge in [-0.2, -0.15) is 0 Å². The summed E-state index contributed by atoms with van der Waals surface area (Å²) in [4.78, 5) is 11.8. The monoisotopic (exact) mass is 299 g/mol. The molecule has 1 rings (SSSR count). The molecule has 0 spiro atoms. The second-order valence-corrected chi connectivity index (χ2v) is 7.41. The van der Waals surface area contributed by atoms with Gasteiger partial charge in [-0.1, -0.05) is 18.2 Å². The Bertz CT molecular complexity index is 577. The average Bonchev–Trinajstić information content (AvgIpc) is 2.24. The van der Waals surface area contributed by atoms with Crippen LogP contribution in [0.4, 0.5) is 10.5 Å². The van der Waals surface area contributed by atoms with Crippen molar-refractivity contribution in [2.75, 3.05) is 11.6 Å². The van der Waals surface area contributed by atoms with E-state index in [0.29, 0.717) is 11.3 Å². The van der Waals surface area contributed by atoms with Crippen molar-refractivity contribution in [3.05, 3.63) is 29.8 Å². The summed E-state index contributed by atoms with van der Waals surface area (Å²) in [6.07, 6.45) is 1.09. The number of anilines is 1. The Labute approximate surface area is 120 Å². The number of urea groups is 1. The van der Waals surface area contributed by atoms with Gasteiger partial charge in [-0.05, 0) is 32.4 Å². The standard InChI is InChI=1S/C13H21N3O3S/c1-13(2,3)16-12(17)15-11-8-6-5-7-10(11)9-14-20(4,18)19/h5-8,14H,9H2,1-4H3,(H2,15,16,17). The molecule has 0 unspecified atom stereocenters. The maximum Gasteiger partial charge on any atom is 0.319 e. The molecule has 1 aromatic carbocycles. The molecule has 0 saturated carbocycles. The SMILES string of the molecule is CC(C)(C)NC(=O)Nc1ccccc1CNS(C)(=O)=O. The van der Waals surface area contributed by atoms with Crippen LogP contribution in [0.25, 0.3) is 0 Å². The zero-order valence-electron chi connectivity index (χ0n) is 12.1. The van der Waals surface area contributed by atoms with Crippen LogP contribution in [0.15, 0.2) is 24.3 Å². The van der Waals surface area contributed by atoms with Gasteiger partial charge in [0.15, 0.2) is 0 Å². The third-order valence-corrected chi connectivity index (χ3v) is 2.95. The van der Waals surface area contributed by atoms with Crippen molar-refractivity contribution >= 4 is 21.7 Å². The number of carbonyl (C=O) groups is 1. The lowest BCUT2D eigenvalue weighted by molar-refractivity contribution is 0.244. The first kappa shape index (κ1) is 16.5. The van der Waals surface area contributed by atoms with Gasteiger partial charge in [0.25, 0.3) is 0 Å². The molecule has 0 aliphatic rings. The van der Waals surface area contributed by atoms with E-state index in [0.717, 1.165) is 6.26 Å². The average molecular weight is 299 g/mol. The molecule has 0 fully saturated rings. The fourth-order valence-electron chi connectivity index (χ4n) is 1.50. The Morgan fingerprint density at radius 2 is 1.80 bits per heavy atom. The zero-order valence-corrected chi connectivity index (χ0v) is 13.0. The normalized spacial score (nSPS) is 12.0. The fourth-order valence-corrected chi connectivity index (χ4v) is 1.92. The lowest BCUT2D eigenvalue weighted by Crippen LogP contribution is -2.43. The molecule has 0 radical (unpaired) electrons. The van der Waals surface area contributed by atoms with Gasteiger partial charge >= 0.3 is 6.03 Å². The van der Waals surface area contributed by atoms with Crippen molar-refractivity contribution in [2.24, 2.45) is 0 Å². The highest BCUT2D eigenvalue weighted by Gasteiger charge is 2.14. The van der Waals surface area contributed by atoms with Gasteiger partial charge in [-0.3, -0.25) is 0 Å². The molecule has 7 heteroatoms. The molecule has 20 heavy (non-hydrogen) atoms. The van der Waals surface area contributed by atoms with E-state index in [2.05, 4.69) is 15.4 Å². The van der Waals surface area contributed by atoms with E-state index >= 15 is 0 Å². The first-order valence-electron chi connectivity index (χ1n) is 6.18. The number of benzene rings is 1. The Hall–Kier alpha value is -1.60. The first-order chi connectivity index (χ1) is 9.07. The predicted octanol–water partition coefficient (Wildman–Crippen LogP) is 1.66. The highest BCUT2D eigenvalue weighted by Crippen LogP contribution is 2.15. The number of sulfonamides is 1. The maximum absolute atomic E-state index is 11.8. The van der Waals surface area contributed by atoms with Gasteiger partial charge in [0, 0.05) is 17.8 Å². The number of para-hydroxylation sites is 1. The largest absolute Gasteiger partial charge is 0.333 e. The van der Waals surface area contributed by atoms with E-state index < -0.39 is 10.0 Å². The molecule has 3 N–H and O–H groups in total. The van der Waals surface area contributed by atoms with Crippen LogP contribution < -0.4 is 15.4 Å². The number of nitrogens with one attached hydrogen (secondary N) is 3. The lowest BCUT2D eigenvalue weighted by atomic mass is 10.1. The first-order valence-corrected chi connectivity index (χ1v) is 8.08. The van der Waals surface area contributed by atoms with Crippen molar-refractivity contribution < 1.29 is 13.2 Å². The Kier molecular flexibility index (Phi) is 5.13. The quantitative estimate of drug-likeness (QED) is 0.790. The molecule has 6 nitrogen and oxygen atoms in total. The molecule has 0 aromatic heterocycles. The van der Waals surface area contributed by atoms with Crippen molar-refractivity contribution in [2.45, 2.75) is 32.9 Å². The van der Waals surface area contributed by atoms with Crippen LogP contribution in [-0.4, -0.2) is 26.2 Å². The van der Waals surface area contributed by atoms with Gasteiger partial charge in [-0.25, -0.2) is 17.9 Å². The summed E-state index contributed by atoms with van der Waals surface area (Å²) in [7, 11) is -3.27. The molecule has 1 aromatic rings. The Morgan fingerprint density at radius 3 is 2.35 bits per heavy atom. The van der Waals surface area contributed by atoms with Crippen molar-refractivity contribution in [1.29, 1.82) is 0 Å². The molecule has 0 heterocycles. The molecule has 0 bridgehead atoms. The Morgan fingerprint density at radius 1 is 1.20 bits per heavy atom.